The first-order valence-electron chi connectivity index (χ1n) is 6.84. The van der Waals surface area contributed by atoms with Crippen LogP contribution in [0.5, 0.6) is 0 Å². The summed E-state index contributed by atoms with van der Waals surface area (Å²) in [6.45, 7) is 3.17. The summed E-state index contributed by atoms with van der Waals surface area (Å²) in [5, 5.41) is 3.01. The topological polar surface area (TPSA) is 62.6 Å². The number of sulfonamides is 1. The molecule has 0 spiro atoms. The number of piperidine rings is 1. The summed E-state index contributed by atoms with van der Waals surface area (Å²) >= 11 is 0. The molecule has 1 aliphatic rings. The van der Waals surface area contributed by atoms with E-state index in [1.165, 1.54) is 0 Å². The molecule has 1 aromatic rings. The lowest BCUT2D eigenvalue weighted by Gasteiger charge is -2.33. The number of nitrogens with one attached hydrogen (secondary N) is 1. The summed E-state index contributed by atoms with van der Waals surface area (Å²) in [4.78, 5) is 0. The first-order chi connectivity index (χ1) is 9.09. The molecule has 2 rings (SSSR count). The number of rotatable bonds is 5. The molecule has 1 saturated heterocycles. The summed E-state index contributed by atoms with van der Waals surface area (Å²) < 4.78 is 32.2. The van der Waals surface area contributed by atoms with Gasteiger partial charge in [0, 0.05) is 12.6 Å². The zero-order valence-electron chi connectivity index (χ0n) is 11.6. The van der Waals surface area contributed by atoms with Gasteiger partial charge in [-0.3, -0.25) is 0 Å². The van der Waals surface area contributed by atoms with E-state index < -0.39 is 10.0 Å². The van der Waals surface area contributed by atoms with Crippen molar-refractivity contribution in [1.29, 1.82) is 0 Å². The molecule has 19 heavy (non-hydrogen) atoms. The van der Waals surface area contributed by atoms with Crippen molar-refractivity contribution in [2.75, 3.05) is 13.6 Å². The number of nitrogens with zero attached hydrogens (tertiary/aromatic N) is 1. The zero-order chi connectivity index (χ0) is 13.9. The highest BCUT2D eigenvalue weighted by atomic mass is 32.2. The predicted octanol–water partition coefficient (Wildman–Crippen LogP) is 1.95. The van der Waals surface area contributed by atoms with E-state index >= 15 is 0 Å². The number of furan rings is 1. The zero-order valence-corrected chi connectivity index (χ0v) is 12.4. The van der Waals surface area contributed by atoms with Crippen LogP contribution in [0.3, 0.4) is 0 Å². The SMILES string of the molecule is CCC1CCCCN1S(=O)(=O)c1ccc(CNC)o1. The molecule has 0 aliphatic carbocycles. The number of hydrogen-bond donors (Lipinski definition) is 1. The average Bonchev–Trinajstić information content (AvgIpc) is 2.88. The van der Waals surface area contributed by atoms with E-state index in [0.717, 1.165) is 25.7 Å². The van der Waals surface area contributed by atoms with Crippen molar-refractivity contribution in [1.82, 2.24) is 9.62 Å². The standard InChI is InChI=1S/C13H22N2O3S/c1-3-11-6-4-5-9-15(11)19(16,17)13-8-7-12(18-13)10-14-2/h7-8,11,14H,3-6,9-10H2,1-2H3. The monoisotopic (exact) mass is 286 g/mol. The lowest BCUT2D eigenvalue weighted by atomic mass is 10.0. The molecule has 0 radical (unpaired) electrons. The lowest BCUT2D eigenvalue weighted by Crippen LogP contribution is -2.43. The maximum absolute atomic E-state index is 12.6. The van der Waals surface area contributed by atoms with Crippen LogP contribution in [0.2, 0.25) is 0 Å². The van der Waals surface area contributed by atoms with Gasteiger partial charge in [0.05, 0.1) is 6.54 Å². The minimum absolute atomic E-state index is 0.0677. The molecule has 0 amide bonds. The Labute approximate surface area is 115 Å². The summed E-state index contributed by atoms with van der Waals surface area (Å²) in [6, 6.07) is 3.38. The van der Waals surface area contributed by atoms with E-state index in [2.05, 4.69) is 5.32 Å². The van der Waals surface area contributed by atoms with E-state index in [1.807, 2.05) is 6.92 Å². The van der Waals surface area contributed by atoms with Crippen molar-refractivity contribution < 1.29 is 12.8 Å². The van der Waals surface area contributed by atoms with Crippen LogP contribution in [0.25, 0.3) is 0 Å². The molecule has 2 heterocycles. The average molecular weight is 286 g/mol. The Hall–Kier alpha value is -0.850. The first-order valence-corrected chi connectivity index (χ1v) is 8.28. The van der Waals surface area contributed by atoms with Crippen LogP contribution in [0.1, 0.15) is 38.4 Å². The smallest absolute Gasteiger partial charge is 0.276 e. The molecule has 1 aromatic heterocycles. The van der Waals surface area contributed by atoms with Gasteiger partial charge >= 0.3 is 0 Å². The summed E-state index contributed by atoms with van der Waals surface area (Å²) in [5.41, 5.74) is 0. The normalized spacial score (nSPS) is 21.7. The van der Waals surface area contributed by atoms with E-state index in [9.17, 15) is 8.42 Å². The molecule has 1 aliphatic heterocycles. The molecular weight excluding hydrogens is 264 g/mol. The van der Waals surface area contributed by atoms with Crippen molar-refractivity contribution >= 4 is 10.0 Å². The Morgan fingerprint density at radius 2 is 2.21 bits per heavy atom. The predicted molar refractivity (Wildman–Crippen MR) is 73.3 cm³/mol. The minimum Gasteiger partial charge on any atom is -0.447 e. The van der Waals surface area contributed by atoms with E-state index in [0.29, 0.717) is 18.8 Å². The van der Waals surface area contributed by atoms with Gasteiger partial charge in [-0.25, -0.2) is 8.42 Å². The molecule has 0 bridgehead atoms. The van der Waals surface area contributed by atoms with Gasteiger partial charge < -0.3 is 9.73 Å². The van der Waals surface area contributed by atoms with E-state index in [4.69, 9.17) is 4.42 Å². The molecule has 108 valence electrons. The van der Waals surface area contributed by atoms with E-state index in [-0.39, 0.29) is 11.1 Å². The second kappa shape index (κ2) is 6.07. The molecule has 5 nitrogen and oxygen atoms in total. The molecule has 0 saturated carbocycles. The van der Waals surface area contributed by atoms with Crippen LogP contribution >= 0.6 is 0 Å². The van der Waals surface area contributed by atoms with Crippen molar-refractivity contribution in [2.45, 2.75) is 50.3 Å². The fraction of sp³-hybridized carbons (Fsp3) is 0.692. The quantitative estimate of drug-likeness (QED) is 0.898. The van der Waals surface area contributed by atoms with Gasteiger partial charge in [0.25, 0.3) is 10.0 Å². The van der Waals surface area contributed by atoms with Gasteiger partial charge in [-0.2, -0.15) is 4.31 Å². The summed E-state index contributed by atoms with van der Waals surface area (Å²) in [5.74, 6) is 0.645. The Balaban J connectivity index is 2.24. The van der Waals surface area contributed by atoms with Crippen LogP contribution in [0.4, 0.5) is 0 Å². The van der Waals surface area contributed by atoms with Gasteiger partial charge in [0.15, 0.2) is 0 Å². The van der Waals surface area contributed by atoms with Gasteiger partial charge in [-0.1, -0.05) is 13.3 Å². The summed E-state index contributed by atoms with van der Waals surface area (Å²) in [6.07, 6.45) is 3.83. The van der Waals surface area contributed by atoms with Crippen LogP contribution in [0, 0.1) is 0 Å². The van der Waals surface area contributed by atoms with Crippen LogP contribution < -0.4 is 5.32 Å². The molecule has 1 unspecified atom stereocenters. The Morgan fingerprint density at radius 1 is 1.42 bits per heavy atom. The van der Waals surface area contributed by atoms with Gasteiger partial charge in [0.2, 0.25) is 5.09 Å². The Morgan fingerprint density at radius 3 is 2.89 bits per heavy atom. The minimum atomic E-state index is -3.48. The lowest BCUT2D eigenvalue weighted by molar-refractivity contribution is 0.240. The first kappa shape index (κ1) is 14.6. The van der Waals surface area contributed by atoms with Crippen molar-refractivity contribution in [3.8, 4) is 0 Å². The fourth-order valence-electron chi connectivity index (χ4n) is 2.58. The van der Waals surface area contributed by atoms with Gasteiger partial charge in [-0.05, 0) is 38.4 Å². The van der Waals surface area contributed by atoms with Gasteiger partial charge in [-0.15, -0.1) is 0 Å². The largest absolute Gasteiger partial charge is 0.447 e. The highest BCUT2D eigenvalue weighted by Gasteiger charge is 2.34. The maximum atomic E-state index is 12.6. The van der Waals surface area contributed by atoms with Crippen LogP contribution in [-0.4, -0.2) is 32.4 Å². The van der Waals surface area contributed by atoms with Crippen LogP contribution in [0.15, 0.2) is 21.6 Å². The second-order valence-corrected chi connectivity index (χ2v) is 6.75. The highest BCUT2D eigenvalue weighted by Crippen LogP contribution is 2.27. The van der Waals surface area contributed by atoms with Crippen molar-refractivity contribution in [2.24, 2.45) is 0 Å². The summed E-state index contributed by atoms with van der Waals surface area (Å²) in [7, 11) is -1.68. The molecule has 1 N–H and O–H groups in total. The van der Waals surface area contributed by atoms with E-state index in [1.54, 1.807) is 23.5 Å². The highest BCUT2D eigenvalue weighted by molar-refractivity contribution is 7.89. The van der Waals surface area contributed by atoms with Crippen LogP contribution in [-0.2, 0) is 16.6 Å². The molecule has 0 aromatic carbocycles. The van der Waals surface area contributed by atoms with Crippen molar-refractivity contribution in [3.63, 3.8) is 0 Å². The maximum Gasteiger partial charge on any atom is 0.276 e. The Bertz CT molecular complexity index is 510. The third-order valence-corrected chi connectivity index (χ3v) is 5.42. The molecule has 1 fully saturated rings. The third-order valence-electron chi connectivity index (χ3n) is 3.60. The third kappa shape index (κ3) is 3.01. The Kier molecular flexibility index (Phi) is 4.65. The van der Waals surface area contributed by atoms with Gasteiger partial charge in [0.1, 0.15) is 5.76 Å². The second-order valence-electron chi connectivity index (χ2n) is 4.92. The molecular formula is C13H22N2O3S. The number of hydrogen-bond acceptors (Lipinski definition) is 4. The fourth-order valence-corrected chi connectivity index (χ4v) is 4.28. The molecule has 6 heteroatoms. The molecule has 1 atom stereocenters. The van der Waals surface area contributed by atoms with Crippen molar-refractivity contribution in [3.05, 3.63) is 17.9 Å².